The van der Waals surface area contributed by atoms with E-state index in [1.807, 2.05) is 0 Å². The molecule has 2 aromatic carbocycles. The van der Waals surface area contributed by atoms with Gasteiger partial charge in [-0.1, -0.05) is 24.3 Å². The van der Waals surface area contributed by atoms with Gasteiger partial charge in [-0.3, -0.25) is 4.79 Å². The van der Waals surface area contributed by atoms with Crippen LogP contribution in [0.3, 0.4) is 0 Å². The molecule has 0 saturated carbocycles. The Morgan fingerprint density at radius 2 is 1.59 bits per heavy atom. The predicted octanol–water partition coefficient (Wildman–Crippen LogP) is 2.88. The number of halogens is 1. The van der Waals surface area contributed by atoms with Crippen LogP contribution in [-0.2, 0) is 10.2 Å². The van der Waals surface area contributed by atoms with E-state index in [0.29, 0.717) is 9.99 Å². The van der Waals surface area contributed by atoms with Gasteiger partial charge < -0.3 is 4.90 Å². The number of amides is 1. The molecule has 3 rings (SSSR count). The van der Waals surface area contributed by atoms with E-state index >= 15 is 0 Å². The van der Waals surface area contributed by atoms with Crippen molar-refractivity contribution in [3.8, 4) is 0 Å². The number of benzene rings is 2. The van der Waals surface area contributed by atoms with E-state index in [1.54, 1.807) is 24.3 Å². The smallest absolute Gasteiger partial charge is 0.310 e. The maximum absolute atomic E-state index is 14.4. The van der Waals surface area contributed by atoms with Crippen LogP contribution in [-0.4, -0.2) is 45.8 Å². The van der Waals surface area contributed by atoms with Crippen molar-refractivity contribution >= 4 is 27.5 Å². The van der Waals surface area contributed by atoms with Crippen molar-refractivity contribution in [3.63, 3.8) is 0 Å². The highest BCUT2D eigenvalue weighted by Gasteiger charge is 2.35. The lowest BCUT2D eigenvalue weighted by atomic mass is 10.1. The van der Waals surface area contributed by atoms with Gasteiger partial charge in [-0.25, -0.2) is 4.39 Å². The highest BCUT2D eigenvalue weighted by Crippen LogP contribution is 2.30. The number of carbonyl (C=O) groups is 1. The fourth-order valence-corrected chi connectivity index (χ4v) is 4.15. The van der Waals surface area contributed by atoms with Crippen molar-refractivity contribution in [2.24, 2.45) is 0 Å². The van der Waals surface area contributed by atoms with Crippen LogP contribution in [0.2, 0.25) is 0 Å². The summed E-state index contributed by atoms with van der Waals surface area (Å²) < 4.78 is 41.6. The van der Waals surface area contributed by atoms with Gasteiger partial charge >= 0.3 is 10.2 Å². The van der Waals surface area contributed by atoms with E-state index in [0.717, 1.165) is 36.3 Å². The normalized spacial score (nSPS) is 14.6. The Balaban J connectivity index is 2.14. The lowest BCUT2D eigenvalue weighted by molar-refractivity contribution is 0.100. The van der Waals surface area contributed by atoms with Crippen molar-refractivity contribution in [3.05, 3.63) is 59.9 Å². The lowest BCUT2D eigenvalue weighted by Crippen LogP contribution is -2.45. The molecule has 1 aliphatic rings. The molecule has 0 unspecified atom stereocenters. The van der Waals surface area contributed by atoms with Gasteiger partial charge in [0, 0.05) is 32.9 Å². The standard InChI is InChI=1S/C19H22FN3O3S/c1-21(2)27(25,26)23(18-12-6-4-10-16(18)20)19(24)15-9-3-5-11-17(15)22-13-7-8-14-22/h3-6,9-12H,7-8,13-14H2,1-2H3. The fourth-order valence-electron chi connectivity index (χ4n) is 3.12. The number of anilines is 2. The molecule has 1 aliphatic heterocycles. The molecule has 1 heterocycles. The molecule has 27 heavy (non-hydrogen) atoms. The number of nitrogens with zero attached hydrogens (tertiary/aromatic N) is 3. The average Bonchev–Trinajstić information content (AvgIpc) is 3.17. The Labute approximate surface area is 159 Å². The van der Waals surface area contributed by atoms with Crippen molar-refractivity contribution < 1.29 is 17.6 Å². The zero-order valence-electron chi connectivity index (χ0n) is 15.3. The summed E-state index contributed by atoms with van der Waals surface area (Å²) in [6, 6.07) is 12.2. The number of carbonyl (C=O) groups excluding carboxylic acids is 1. The number of rotatable bonds is 5. The van der Waals surface area contributed by atoms with E-state index < -0.39 is 21.9 Å². The third-order valence-corrected chi connectivity index (χ3v) is 6.28. The van der Waals surface area contributed by atoms with Gasteiger partial charge in [0.2, 0.25) is 0 Å². The predicted molar refractivity (Wildman–Crippen MR) is 104 cm³/mol. The molecular weight excluding hydrogens is 369 g/mol. The molecule has 0 atom stereocenters. The monoisotopic (exact) mass is 391 g/mol. The molecule has 0 N–H and O–H groups in total. The third kappa shape index (κ3) is 3.68. The van der Waals surface area contributed by atoms with Crippen molar-refractivity contribution in [1.82, 2.24) is 4.31 Å². The van der Waals surface area contributed by atoms with Crippen LogP contribution in [0.1, 0.15) is 23.2 Å². The summed E-state index contributed by atoms with van der Waals surface area (Å²) in [5, 5.41) is 0. The molecule has 0 aliphatic carbocycles. The summed E-state index contributed by atoms with van der Waals surface area (Å²) in [7, 11) is -1.63. The minimum Gasteiger partial charge on any atom is -0.371 e. The van der Waals surface area contributed by atoms with E-state index in [4.69, 9.17) is 0 Å². The zero-order chi connectivity index (χ0) is 19.6. The molecule has 2 aromatic rings. The summed E-state index contributed by atoms with van der Waals surface area (Å²) >= 11 is 0. The summed E-state index contributed by atoms with van der Waals surface area (Å²) in [6.07, 6.45) is 2.02. The lowest BCUT2D eigenvalue weighted by Gasteiger charge is -2.28. The molecule has 6 nitrogen and oxygen atoms in total. The molecule has 1 fully saturated rings. The van der Waals surface area contributed by atoms with Gasteiger partial charge in [-0.2, -0.15) is 17.0 Å². The second-order valence-electron chi connectivity index (χ2n) is 6.52. The number of para-hydroxylation sites is 2. The third-order valence-electron chi connectivity index (χ3n) is 4.53. The minimum atomic E-state index is -4.24. The van der Waals surface area contributed by atoms with Gasteiger partial charge in [0.1, 0.15) is 5.82 Å². The minimum absolute atomic E-state index is 0.230. The first-order valence-electron chi connectivity index (χ1n) is 8.69. The van der Waals surface area contributed by atoms with Crippen LogP contribution in [0.25, 0.3) is 0 Å². The first-order chi connectivity index (χ1) is 12.8. The van der Waals surface area contributed by atoms with Crippen LogP contribution in [0, 0.1) is 5.82 Å². The molecule has 8 heteroatoms. The van der Waals surface area contributed by atoms with Crippen LogP contribution in [0.5, 0.6) is 0 Å². The van der Waals surface area contributed by atoms with E-state index in [1.165, 1.54) is 32.3 Å². The van der Waals surface area contributed by atoms with Gasteiger partial charge in [-0.05, 0) is 37.1 Å². The first-order valence-corrected chi connectivity index (χ1v) is 10.1. The quantitative estimate of drug-likeness (QED) is 0.786. The Bertz CT molecular complexity index is 941. The molecule has 1 amide bonds. The average molecular weight is 391 g/mol. The van der Waals surface area contributed by atoms with Gasteiger partial charge in [0.15, 0.2) is 0 Å². The summed E-state index contributed by atoms with van der Waals surface area (Å²) in [6.45, 7) is 1.59. The molecule has 144 valence electrons. The highest BCUT2D eigenvalue weighted by molar-refractivity contribution is 7.91. The summed E-state index contributed by atoms with van der Waals surface area (Å²) in [5.41, 5.74) is 0.593. The topological polar surface area (TPSA) is 60.9 Å². The second-order valence-corrected chi connectivity index (χ2v) is 8.51. The molecule has 1 saturated heterocycles. The van der Waals surface area contributed by atoms with Crippen LogP contribution in [0.15, 0.2) is 48.5 Å². The van der Waals surface area contributed by atoms with E-state index in [-0.39, 0.29) is 11.3 Å². The van der Waals surface area contributed by atoms with Crippen molar-refractivity contribution in [2.75, 3.05) is 36.4 Å². The van der Waals surface area contributed by atoms with Gasteiger partial charge in [0.25, 0.3) is 5.91 Å². The molecule has 0 spiro atoms. The molecule has 0 bridgehead atoms. The molecule has 0 aromatic heterocycles. The van der Waals surface area contributed by atoms with E-state index in [9.17, 15) is 17.6 Å². The SMILES string of the molecule is CN(C)S(=O)(=O)N(C(=O)c1ccccc1N1CCCC1)c1ccccc1F. The summed E-state index contributed by atoms with van der Waals surface area (Å²) in [4.78, 5) is 15.4. The molecular formula is C19H22FN3O3S. The number of hydrogen-bond donors (Lipinski definition) is 0. The second kappa shape index (κ2) is 7.66. The maximum atomic E-state index is 14.4. The Hall–Kier alpha value is -2.45. The zero-order valence-corrected chi connectivity index (χ0v) is 16.1. The van der Waals surface area contributed by atoms with Crippen molar-refractivity contribution in [2.45, 2.75) is 12.8 Å². The van der Waals surface area contributed by atoms with Gasteiger partial charge in [-0.15, -0.1) is 0 Å². The Morgan fingerprint density at radius 3 is 2.22 bits per heavy atom. The fraction of sp³-hybridized carbons (Fsp3) is 0.316. The maximum Gasteiger partial charge on any atom is 0.310 e. The highest BCUT2D eigenvalue weighted by atomic mass is 32.2. The Kier molecular flexibility index (Phi) is 5.48. The van der Waals surface area contributed by atoms with Crippen molar-refractivity contribution in [1.29, 1.82) is 0 Å². The first kappa shape index (κ1) is 19.3. The Morgan fingerprint density at radius 1 is 1.00 bits per heavy atom. The molecule has 0 radical (unpaired) electrons. The van der Waals surface area contributed by atoms with E-state index in [2.05, 4.69) is 4.90 Å². The number of hydrogen-bond acceptors (Lipinski definition) is 4. The summed E-state index contributed by atoms with van der Waals surface area (Å²) in [5.74, 6) is -1.56. The van der Waals surface area contributed by atoms with Crippen LogP contribution >= 0.6 is 0 Å². The van der Waals surface area contributed by atoms with Crippen LogP contribution < -0.4 is 9.21 Å². The largest absolute Gasteiger partial charge is 0.371 e. The van der Waals surface area contributed by atoms with Gasteiger partial charge in [0.05, 0.1) is 11.3 Å². The van der Waals surface area contributed by atoms with Crippen LogP contribution in [0.4, 0.5) is 15.8 Å².